The summed E-state index contributed by atoms with van der Waals surface area (Å²) in [6, 6.07) is 5.16. The first-order valence-corrected chi connectivity index (χ1v) is 7.64. The van der Waals surface area contributed by atoms with Gasteiger partial charge in [-0.3, -0.25) is 0 Å². The summed E-state index contributed by atoms with van der Waals surface area (Å²) in [6.07, 6.45) is 1.84. The second kappa shape index (κ2) is 5.77. The predicted octanol–water partition coefficient (Wildman–Crippen LogP) is 0.708. The first kappa shape index (κ1) is 14.1. The van der Waals surface area contributed by atoms with E-state index in [0.29, 0.717) is 24.5 Å². The molecule has 1 saturated heterocycles. The molecule has 0 bridgehead atoms. The maximum Gasteiger partial charge on any atom is 0.279 e. The molecular formula is C12H19N3O3S. The fourth-order valence-electron chi connectivity index (χ4n) is 2.13. The highest BCUT2D eigenvalue weighted by molar-refractivity contribution is 7.87. The molecule has 1 aromatic carbocycles. The van der Waals surface area contributed by atoms with Crippen LogP contribution in [0.5, 0.6) is 5.75 Å². The topological polar surface area (TPSA) is 84.7 Å². The SMILES string of the molecule is COc1ccc(N)cc1CNS(=O)(=O)N1CCCC1. The van der Waals surface area contributed by atoms with Crippen LogP contribution in [-0.4, -0.2) is 32.9 Å². The molecule has 0 aromatic heterocycles. The Kier molecular flexibility index (Phi) is 4.28. The summed E-state index contributed by atoms with van der Waals surface area (Å²) in [5.41, 5.74) is 7.01. The molecule has 1 heterocycles. The molecule has 7 heteroatoms. The number of ether oxygens (including phenoxy) is 1. The number of anilines is 1. The number of hydrogen-bond donors (Lipinski definition) is 2. The Balaban J connectivity index is 2.07. The molecular weight excluding hydrogens is 266 g/mol. The van der Waals surface area contributed by atoms with Crippen LogP contribution in [0.1, 0.15) is 18.4 Å². The van der Waals surface area contributed by atoms with Gasteiger partial charge in [0.15, 0.2) is 0 Å². The average Bonchev–Trinajstić information content (AvgIpc) is 2.91. The van der Waals surface area contributed by atoms with E-state index in [9.17, 15) is 8.42 Å². The summed E-state index contributed by atoms with van der Waals surface area (Å²) in [7, 11) is -1.86. The number of rotatable bonds is 5. The van der Waals surface area contributed by atoms with Crippen LogP contribution in [0.3, 0.4) is 0 Å². The molecule has 0 amide bonds. The number of nitrogen functional groups attached to an aromatic ring is 1. The van der Waals surface area contributed by atoms with Crippen LogP contribution in [0.15, 0.2) is 18.2 Å². The van der Waals surface area contributed by atoms with Gasteiger partial charge in [0.2, 0.25) is 0 Å². The van der Waals surface area contributed by atoms with Crippen LogP contribution in [-0.2, 0) is 16.8 Å². The van der Waals surface area contributed by atoms with Crippen molar-refractivity contribution in [3.05, 3.63) is 23.8 Å². The van der Waals surface area contributed by atoms with Crippen LogP contribution in [0, 0.1) is 0 Å². The van der Waals surface area contributed by atoms with Crippen LogP contribution in [0.25, 0.3) is 0 Å². The largest absolute Gasteiger partial charge is 0.496 e. The van der Waals surface area contributed by atoms with Gasteiger partial charge in [0.25, 0.3) is 10.2 Å². The number of benzene rings is 1. The zero-order valence-electron chi connectivity index (χ0n) is 10.9. The van der Waals surface area contributed by atoms with Crippen molar-refractivity contribution in [2.75, 3.05) is 25.9 Å². The van der Waals surface area contributed by atoms with Crippen molar-refractivity contribution < 1.29 is 13.2 Å². The van der Waals surface area contributed by atoms with Gasteiger partial charge in [-0.05, 0) is 31.0 Å². The minimum Gasteiger partial charge on any atom is -0.496 e. The maximum atomic E-state index is 12.0. The quantitative estimate of drug-likeness (QED) is 0.780. The zero-order chi connectivity index (χ0) is 13.9. The summed E-state index contributed by atoms with van der Waals surface area (Å²) in [4.78, 5) is 0. The Morgan fingerprint density at radius 2 is 2.05 bits per heavy atom. The maximum absolute atomic E-state index is 12.0. The molecule has 0 spiro atoms. The van der Waals surface area contributed by atoms with Gasteiger partial charge in [-0.15, -0.1) is 0 Å². The minimum atomic E-state index is -3.41. The highest BCUT2D eigenvalue weighted by atomic mass is 32.2. The standard InChI is InChI=1S/C12H19N3O3S/c1-18-12-5-4-11(13)8-10(12)9-14-19(16,17)15-6-2-3-7-15/h4-5,8,14H,2-3,6-7,9,13H2,1H3. The second-order valence-electron chi connectivity index (χ2n) is 4.50. The molecule has 0 radical (unpaired) electrons. The summed E-state index contributed by atoms with van der Waals surface area (Å²) in [5.74, 6) is 0.623. The van der Waals surface area contributed by atoms with E-state index in [1.807, 2.05) is 0 Å². The Hall–Kier alpha value is -1.31. The van der Waals surface area contributed by atoms with Gasteiger partial charge in [0.05, 0.1) is 7.11 Å². The van der Waals surface area contributed by atoms with Gasteiger partial charge in [-0.2, -0.15) is 17.4 Å². The molecule has 6 nitrogen and oxygen atoms in total. The Bertz CT molecular complexity index is 539. The predicted molar refractivity (Wildman–Crippen MR) is 74.0 cm³/mol. The molecule has 0 atom stereocenters. The zero-order valence-corrected chi connectivity index (χ0v) is 11.7. The number of hydrogen-bond acceptors (Lipinski definition) is 4. The third-order valence-electron chi connectivity index (χ3n) is 3.15. The third kappa shape index (κ3) is 3.37. The van der Waals surface area contributed by atoms with E-state index in [-0.39, 0.29) is 6.54 Å². The first-order chi connectivity index (χ1) is 9.03. The molecule has 1 aromatic rings. The van der Waals surface area contributed by atoms with Crippen molar-refractivity contribution in [2.24, 2.45) is 0 Å². The summed E-state index contributed by atoms with van der Waals surface area (Å²) < 4.78 is 33.3. The molecule has 1 aliphatic rings. The number of methoxy groups -OCH3 is 1. The number of nitrogens with one attached hydrogen (secondary N) is 1. The fraction of sp³-hybridized carbons (Fsp3) is 0.500. The normalized spacial score (nSPS) is 16.7. The van der Waals surface area contributed by atoms with Gasteiger partial charge in [0, 0.05) is 30.9 Å². The molecule has 19 heavy (non-hydrogen) atoms. The lowest BCUT2D eigenvalue weighted by Gasteiger charge is -2.17. The van der Waals surface area contributed by atoms with Crippen molar-refractivity contribution in [3.8, 4) is 5.75 Å². The van der Waals surface area contributed by atoms with Crippen LogP contribution in [0.2, 0.25) is 0 Å². The van der Waals surface area contributed by atoms with Crippen molar-refractivity contribution in [1.82, 2.24) is 9.03 Å². The Morgan fingerprint density at radius 1 is 1.37 bits per heavy atom. The summed E-state index contributed by atoms with van der Waals surface area (Å²) in [5, 5.41) is 0. The van der Waals surface area contributed by atoms with Crippen LogP contribution < -0.4 is 15.2 Å². The lowest BCUT2D eigenvalue weighted by atomic mass is 10.2. The molecule has 2 rings (SSSR count). The van der Waals surface area contributed by atoms with E-state index in [2.05, 4.69) is 4.72 Å². The summed E-state index contributed by atoms with van der Waals surface area (Å²) >= 11 is 0. The Morgan fingerprint density at radius 3 is 2.68 bits per heavy atom. The van der Waals surface area contributed by atoms with Crippen LogP contribution in [0.4, 0.5) is 5.69 Å². The molecule has 1 aliphatic heterocycles. The van der Waals surface area contributed by atoms with Gasteiger partial charge in [0.1, 0.15) is 5.75 Å². The van der Waals surface area contributed by atoms with Crippen molar-refractivity contribution in [2.45, 2.75) is 19.4 Å². The van der Waals surface area contributed by atoms with Crippen LogP contribution >= 0.6 is 0 Å². The van der Waals surface area contributed by atoms with E-state index in [1.165, 1.54) is 4.31 Å². The number of nitrogens with zero attached hydrogens (tertiary/aromatic N) is 1. The van der Waals surface area contributed by atoms with Gasteiger partial charge < -0.3 is 10.5 Å². The second-order valence-corrected chi connectivity index (χ2v) is 6.26. The third-order valence-corrected chi connectivity index (χ3v) is 4.71. The number of nitrogens with two attached hydrogens (primary N) is 1. The summed E-state index contributed by atoms with van der Waals surface area (Å²) in [6.45, 7) is 1.35. The van der Waals surface area contributed by atoms with Crippen molar-refractivity contribution >= 4 is 15.9 Å². The molecule has 0 saturated carbocycles. The molecule has 3 N–H and O–H groups in total. The molecule has 0 aliphatic carbocycles. The van der Waals surface area contributed by atoms with Gasteiger partial charge in [-0.25, -0.2) is 0 Å². The van der Waals surface area contributed by atoms with E-state index < -0.39 is 10.2 Å². The highest BCUT2D eigenvalue weighted by Gasteiger charge is 2.24. The Labute approximate surface area is 113 Å². The van der Waals surface area contributed by atoms with Crippen molar-refractivity contribution in [3.63, 3.8) is 0 Å². The van der Waals surface area contributed by atoms with E-state index >= 15 is 0 Å². The first-order valence-electron chi connectivity index (χ1n) is 6.20. The lowest BCUT2D eigenvalue weighted by molar-refractivity contribution is 0.408. The smallest absolute Gasteiger partial charge is 0.279 e. The van der Waals surface area contributed by atoms with Gasteiger partial charge >= 0.3 is 0 Å². The highest BCUT2D eigenvalue weighted by Crippen LogP contribution is 2.21. The van der Waals surface area contributed by atoms with E-state index in [1.54, 1.807) is 25.3 Å². The molecule has 1 fully saturated rings. The van der Waals surface area contributed by atoms with E-state index in [4.69, 9.17) is 10.5 Å². The fourth-order valence-corrected chi connectivity index (χ4v) is 3.38. The van der Waals surface area contributed by atoms with Gasteiger partial charge in [-0.1, -0.05) is 0 Å². The molecule has 106 valence electrons. The minimum absolute atomic E-state index is 0.174. The monoisotopic (exact) mass is 285 g/mol. The average molecular weight is 285 g/mol. The van der Waals surface area contributed by atoms with Crippen molar-refractivity contribution in [1.29, 1.82) is 0 Å². The molecule has 0 unspecified atom stereocenters. The van der Waals surface area contributed by atoms with E-state index in [0.717, 1.165) is 18.4 Å². The lowest BCUT2D eigenvalue weighted by Crippen LogP contribution is -2.38.